The highest BCUT2D eigenvalue weighted by Crippen LogP contribution is 2.24. The summed E-state index contributed by atoms with van der Waals surface area (Å²) >= 11 is 5.80. The Bertz CT molecular complexity index is 580. The van der Waals surface area contributed by atoms with Gasteiger partial charge in [0.25, 0.3) is 0 Å². The van der Waals surface area contributed by atoms with Crippen molar-refractivity contribution in [1.82, 2.24) is 9.55 Å². The Balaban J connectivity index is 2.05. The fraction of sp³-hybridized carbons (Fsp3) is 0.462. The quantitative estimate of drug-likeness (QED) is 0.373. The van der Waals surface area contributed by atoms with Crippen LogP contribution in [-0.2, 0) is 11.5 Å². The van der Waals surface area contributed by atoms with Gasteiger partial charge in [-0.15, -0.1) is 0 Å². The molecule has 6 heteroatoms. The average Bonchev–Trinajstić information content (AvgIpc) is 2.60. The predicted molar refractivity (Wildman–Crippen MR) is 94.3 cm³/mol. The van der Waals surface area contributed by atoms with Crippen molar-refractivity contribution < 1.29 is 4.74 Å². The molecule has 0 saturated heterocycles. The zero-order valence-corrected chi connectivity index (χ0v) is 16.2. The van der Waals surface area contributed by atoms with Crippen molar-refractivity contribution in [1.29, 1.82) is 0 Å². The van der Waals surface area contributed by atoms with Gasteiger partial charge in [-0.25, -0.2) is 4.98 Å². The van der Waals surface area contributed by atoms with E-state index in [1.165, 1.54) is 15.0 Å². The summed E-state index contributed by atoms with van der Waals surface area (Å²) in [5.41, 5.74) is 0.987. The molecular formula is C13H18BrIN2OSi. The topological polar surface area (TPSA) is 27.1 Å². The Morgan fingerprint density at radius 1 is 1.42 bits per heavy atom. The lowest BCUT2D eigenvalue weighted by atomic mass is 10.3. The third-order valence-electron chi connectivity index (χ3n) is 2.86. The van der Waals surface area contributed by atoms with Gasteiger partial charge in [0, 0.05) is 40.5 Å². The van der Waals surface area contributed by atoms with Crippen molar-refractivity contribution in [2.45, 2.75) is 32.4 Å². The maximum absolute atomic E-state index is 5.79. The summed E-state index contributed by atoms with van der Waals surface area (Å²) in [5, 5.41) is 1.17. The van der Waals surface area contributed by atoms with E-state index in [4.69, 9.17) is 4.74 Å². The van der Waals surface area contributed by atoms with Crippen LogP contribution < -0.4 is 0 Å². The predicted octanol–water partition coefficient (Wildman–Crippen LogP) is 4.72. The van der Waals surface area contributed by atoms with Gasteiger partial charge in [-0.3, -0.25) is 0 Å². The third kappa shape index (κ3) is 4.27. The number of hydrogen-bond acceptors (Lipinski definition) is 2. The van der Waals surface area contributed by atoms with Crippen molar-refractivity contribution in [2.24, 2.45) is 0 Å². The van der Waals surface area contributed by atoms with Crippen LogP contribution in [0.3, 0.4) is 0 Å². The lowest BCUT2D eigenvalue weighted by Gasteiger charge is -2.15. The largest absolute Gasteiger partial charge is 0.361 e. The molecule has 0 fully saturated rings. The van der Waals surface area contributed by atoms with E-state index in [1.807, 2.05) is 6.20 Å². The Hall–Kier alpha value is 0.0769. The average molecular weight is 453 g/mol. The normalized spacial score (nSPS) is 12.3. The van der Waals surface area contributed by atoms with Gasteiger partial charge >= 0.3 is 0 Å². The number of rotatable bonds is 5. The standard InChI is InChI=1S/C13H18BrIN2OSi/c1-19(2,3)5-4-18-9-17-8-12(15)11-6-10(14)7-16-13(11)17/h6-8H,4-5,9H2,1-3H3. The lowest BCUT2D eigenvalue weighted by Crippen LogP contribution is -2.22. The van der Waals surface area contributed by atoms with E-state index < -0.39 is 8.07 Å². The van der Waals surface area contributed by atoms with Crippen LogP contribution in [0, 0.1) is 3.57 Å². The number of fused-ring (bicyclic) bond motifs is 1. The zero-order chi connectivity index (χ0) is 14.0. The first-order chi connectivity index (χ1) is 8.87. The first-order valence-corrected chi connectivity index (χ1v) is 11.8. The monoisotopic (exact) mass is 452 g/mol. The van der Waals surface area contributed by atoms with Gasteiger partial charge in [-0.1, -0.05) is 19.6 Å². The van der Waals surface area contributed by atoms with Crippen LogP contribution in [0.4, 0.5) is 0 Å². The molecule has 2 aromatic heterocycles. The van der Waals surface area contributed by atoms with E-state index in [1.54, 1.807) is 0 Å². The number of hydrogen-bond donors (Lipinski definition) is 0. The molecule has 2 rings (SSSR count). The van der Waals surface area contributed by atoms with Crippen LogP contribution in [0.2, 0.25) is 25.7 Å². The molecule has 0 atom stereocenters. The lowest BCUT2D eigenvalue weighted by molar-refractivity contribution is 0.0898. The van der Waals surface area contributed by atoms with Crippen molar-refractivity contribution in [2.75, 3.05) is 6.61 Å². The van der Waals surface area contributed by atoms with Crippen molar-refractivity contribution in [3.63, 3.8) is 0 Å². The Morgan fingerprint density at radius 3 is 2.84 bits per heavy atom. The van der Waals surface area contributed by atoms with Gasteiger partial charge in [-0.2, -0.15) is 0 Å². The highest BCUT2D eigenvalue weighted by atomic mass is 127. The van der Waals surface area contributed by atoms with E-state index in [9.17, 15) is 0 Å². The minimum absolute atomic E-state index is 0.582. The molecule has 2 heterocycles. The Kier molecular flexibility index (Phi) is 5.08. The second-order valence-electron chi connectivity index (χ2n) is 5.82. The van der Waals surface area contributed by atoms with Crippen LogP contribution in [-0.4, -0.2) is 24.2 Å². The van der Waals surface area contributed by atoms with Crippen molar-refractivity contribution in [3.05, 3.63) is 26.5 Å². The first-order valence-electron chi connectivity index (χ1n) is 6.24. The highest BCUT2D eigenvalue weighted by molar-refractivity contribution is 14.1. The molecule has 0 N–H and O–H groups in total. The molecule has 2 aromatic rings. The fourth-order valence-electron chi connectivity index (χ4n) is 1.74. The molecule has 0 aliphatic heterocycles. The zero-order valence-electron chi connectivity index (χ0n) is 11.4. The van der Waals surface area contributed by atoms with E-state index in [0.717, 1.165) is 16.7 Å². The molecule has 3 nitrogen and oxygen atoms in total. The van der Waals surface area contributed by atoms with Gasteiger partial charge in [0.1, 0.15) is 12.4 Å². The van der Waals surface area contributed by atoms with E-state index in [2.05, 4.69) is 80.0 Å². The summed E-state index contributed by atoms with van der Waals surface area (Å²) in [7, 11) is -1.01. The van der Waals surface area contributed by atoms with Gasteiger partial charge in [0.2, 0.25) is 0 Å². The molecular weight excluding hydrogens is 435 g/mol. The Morgan fingerprint density at radius 2 is 2.16 bits per heavy atom. The van der Waals surface area contributed by atoms with Crippen molar-refractivity contribution >= 4 is 57.6 Å². The molecule has 0 amide bonds. The smallest absolute Gasteiger partial charge is 0.142 e. The number of ether oxygens (including phenoxy) is 1. The number of nitrogens with zero attached hydrogens (tertiary/aromatic N) is 2. The van der Waals surface area contributed by atoms with E-state index in [0.29, 0.717) is 6.73 Å². The molecule has 0 radical (unpaired) electrons. The third-order valence-corrected chi connectivity index (χ3v) is 5.86. The SMILES string of the molecule is C[Si](C)(C)CCOCn1cc(I)c2cc(Br)cnc21. The minimum atomic E-state index is -1.01. The van der Waals surface area contributed by atoms with Gasteiger partial charge < -0.3 is 9.30 Å². The van der Waals surface area contributed by atoms with Crippen LogP contribution in [0.5, 0.6) is 0 Å². The maximum atomic E-state index is 5.79. The number of pyridine rings is 1. The van der Waals surface area contributed by atoms with Crippen molar-refractivity contribution in [3.8, 4) is 0 Å². The molecule has 0 spiro atoms. The summed E-state index contributed by atoms with van der Waals surface area (Å²) < 4.78 is 10.1. The maximum Gasteiger partial charge on any atom is 0.142 e. The molecule has 0 bridgehead atoms. The summed E-state index contributed by atoms with van der Waals surface area (Å²) in [6.07, 6.45) is 3.93. The van der Waals surface area contributed by atoms with Crippen LogP contribution in [0.1, 0.15) is 0 Å². The van der Waals surface area contributed by atoms with Gasteiger partial charge in [0.05, 0.1) is 0 Å². The second kappa shape index (κ2) is 6.24. The first kappa shape index (κ1) is 15.5. The van der Waals surface area contributed by atoms with E-state index in [-0.39, 0.29) is 0 Å². The molecule has 0 saturated carbocycles. The summed E-state index contributed by atoms with van der Waals surface area (Å²) in [6, 6.07) is 3.30. The molecule has 0 aromatic carbocycles. The van der Waals surface area contributed by atoms with Crippen LogP contribution >= 0.6 is 38.5 Å². The van der Waals surface area contributed by atoms with Crippen LogP contribution in [0.15, 0.2) is 22.9 Å². The number of halogens is 2. The fourth-order valence-corrected chi connectivity index (χ4v) is 3.56. The Labute approximate surface area is 137 Å². The molecule has 0 aliphatic rings. The molecule has 0 unspecified atom stereocenters. The molecule has 19 heavy (non-hydrogen) atoms. The summed E-state index contributed by atoms with van der Waals surface area (Å²) in [6.45, 7) is 8.51. The second-order valence-corrected chi connectivity index (χ2v) is 13.5. The number of aromatic nitrogens is 2. The summed E-state index contributed by atoms with van der Waals surface area (Å²) in [4.78, 5) is 4.47. The summed E-state index contributed by atoms with van der Waals surface area (Å²) in [5.74, 6) is 0. The van der Waals surface area contributed by atoms with Gasteiger partial charge in [0.15, 0.2) is 0 Å². The minimum Gasteiger partial charge on any atom is -0.361 e. The van der Waals surface area contributed by atoms with Gasteiger partial charge in [-0.05, 0) is 50.6 Å². The highest BCUT2D eigenvalue weighted by Gasteiger charge is 2.13. The van der Waals surface area contributed by atoms with E-state index >= 15 is 0 Å². The molecule has 0 aliphatic carbocycles. The van der Waals surface area contributed by atoms with Crippen LogP contribution in [0.25, 0.3) is 11.0 Å². The molecule has 104 valence electrons.